The van der Waals surface area contributed by atoms with E-state index >= 15 is 0 Å². The van der Waals surface area contributed by atoms with Gasteiger partial charge in [0.1, 0.15) is 4.90 Å². The lowest BCUT2D eigenvalue weighted by Crippen LogP contribution is -2.51. The molecule has 0 amide bonds. The van der Waals surface area contributed by atoms with Crippen LogP contribution in [0, 0.1) is 13.8 Å². The van der Waals surface area contributed by atoms with Crippen molar-refractivity contribution in [3.63, 3.8) is 0 Å². The Morgan fingerprint density at radius 3 is 2.20 bits per heavy atom. The molecule has 1 heterocycles. The maximum atomic E-state index is 13.4. The topological polar surface area (TPSA) is 84.2 Å². The van der Waals surface area contributed by atoms with E-state index in [9.17, 15) is 26.7 Å². The molecule has 0 aliphatic carbocycles. The van der Waals surface area contributed by atoms with Crippen molar-refractivity contribution in [2.24, 2.45) is 7.05 Å². The molecule has 1 aromatic heterocycles. The van der Waals surface area contributed by atoms with Gasteiger partial charge in [-0.15, -0.1) is 0 Å². The molecular weight excluding hydrogens is 359 g/mol. The van der Waals surface area contributed by atoms with Crippen molar-refractivity contribution in [1.29, 1.82) is 0 Å². The largest absolute Gasteiger partial charge is 0.422 e. The molecule has 0 bridgehead atoms. The summed E-state index contributed by atoms with van der Waals surface area (Å²) < 4.78 is 68.4. The van der Waals surface area contributed by atoms with Gasteiger partial charge in [-0.25, -0.2) is 13.1 Å². The van der Waals surface area contributed by atoms with Crippen molar-refractivity contribution in [2.45, 2.75) is 30.5 Å². The van der Waals surface area contributed by atoms with Gasteiger partial charge >= 0.3 is 6.18 Å². The van der Waals surface area contributed by atoms with Crippen molar-refractivity contribution in [2.75, 3.05) is 6.54 Å². The van der Waals surface area contributed by atoms with Crippen molar-refractivity contribution in [1.82, 2.24) is 14.5 Å². The van der Waals surface area contributed by atoms with Crippen LogP contribution in [-0.4, -0.2) is 36.0 Å². The average molecular weight is 377 g/mol. The van der Waals surface area contributed by atoms with E-state index in [1.54, 1.807) is 0 Å². The van der Waals surface area contributed by atoms with Gasteiger partial charge in [-0.3, -0.25) is 4.68 Å². The smallest absolute Gasteiger partial charge is 0.375 e. The zero-order valence-electron chi connectivity index (χ0n) is 13.8. The molecule has 0 saturated heterocycles. The van der Waals surface area contributed by atoms with Crippen LogP contribution in [-0.2, 0) is 22.7 Å². The quantitative estimate of drug-likeness (QED) is 0.832. The molecule has 2 rings (SSSR count). The SMILES string of the molecule is Cc1nn(C)c(C)c1S(=O)(=O)NC[C@@](O)(c1ccccc1)C(F)(F)F. The summed E-state index contributed by atoms with van der Waals surface area (Å²) in [6.45, 7) is 1.67. The highest BCUT2D eigenvalue weighted by Gasteiger charge is 2.55. The number of aryl methyl sites for hydroxylation is 2. The van der Waals surface area contributed by atoms with Crippen LogP contribution in [0.1, 0.15) is 17.0 Å². The zero-order chi connectivity index (χ0) is 19.0. The summed E-state index contributed by atoms with van der Waals surface area (Å²) in [6, 6.07) is 6.32. The van der Waals surface area contributed by atoms with E-state index in [2.05, 4.69) is 5.10 Å². The molecule has 138 valence electrons. The molecule has 0 unspecified atom stereocenters. The van der Waals surface area contributed by atoms with Crippen LogP contribution in [0.3, 0.4) is 0 Å². The molecule has 0 radical (unpaired) electrons. The van der Waals surface area contributed by atoms with Crippen molar-refractivity contribution in [3.8, 4) is 0 Å². The summed E-state index contributed by atoms with van der Waals surface area (Å²) in [5.74, 6) is 0. The van der Waals surface area contributed by atoms with E-state index in [0.29, 0.717) is 0 Å². The van der Waals surface area contributed by atoms with E-state index in [0.717, 1.165) is 12.1 Å². The van der Waals surface area contributed by atoms with Gasteiger partial charge in [-0.2, -0.15) is 18.3 Å². The summed E-state index contributed by atoms with van der Waals surface area (Å²) in [5, 5.41) is 14.1. The lowest BCUT2D eigenvalue weighted by molar-refractivity contribution is -0.263. The minimum Gasteiger partial charge on any atom is -0.375 e. The summed E-state index contributed by atoms with van der Waals surface area (Å²) in [5.41, 5.74) is -3.38. The number of halogens is 3. The molecule has 10 heteroatoms. The van der Waals surface area contributed by atoms with Crippen LogP contribution in [0.15, 0.2) is 35.2 Å². The predicted molar refractivity (Wildman–Crippen MR) is 84.3 cm³/mol. The molecule has 6 nitrogen and oxygen atoms in total. The fraction of sp³-hybridized carbons (Fsp3) is 0.400. The van der Waals surface area contributed by atoms with Crippen molar-refractivity contribution in [3.05, 3.63) is 47.3 Å². The minimum absolute atomic E-state index is 0.155. The molecule has 25 heavy (non-hydrogen) atoms. The summed E-state index contributed by atoms with van der Waals surface area (Å²) in [6.07, 6.45) is -5.07. The standard InChI is InChI=1S/C15H18F3N3O3S/c1-10-13(11(2)21(3)20-10)25(23,24)19-9-14(22,15(16,17)18)12-7-5-4-6-8-12/h4-8,19,22H,9H2,1-3H3/t14-/m1/s1. The van der Waals surface area contributed by atoms with Gasteiger partial charge in [0.15, 0.2) is 5.60 Å². The second-order valence-corrected chi connectivity index (χ2v) is 7.38. The Bertz CT molecular complexity index is 863. The van der Waals surface area contributed by atoms with E-state index in [4.69, 9.17) is 0 Å². The summed E-state index contributed by atoms with van der Waals surface area (Å²) >= 11 is 0. The normalized spacial score (nSPS) is 15.2. The molecule has 0 aliphatic rings. The third-order valence-corrected chi connectivity index (χ3v) is 5.60. The first-order valence-corrected chi connectivity index (χ1v) is 8.73. The number of hydrogen-bond acceptors (Lipinski definition) is 4. The zero-order valence-corrected chi connectivity index (χ0v) is 14.6. The number of nitrogens with one attached hydrogen (secondary N) is 1. The number of alkyl halides is 3. The van der Waals surface area contributed by atoms with E-state index in [1.165, 1.54) is 43.8 Å². The monoisotopic (exact) mass is 377 g/mol. The number of benzene rings is 1. The van der Waals surface area contributed by atoms with Gasteiger partial charge in [0.25, 0.3) is 0 Å². The van der Waals surface area contributed by atoms with Gasteiger partial charge in [0.05, 0.1) is 17.9 Å². The van der Waals surface area contributed by atoms with Crippen LogP contribution < -0.4 is 4.72 Å². The summed E-state index contributed by atoms with van der Waals surface area (Å²) in [4.78, 5) is -0.201. The second-order valence-electron chi connectivity index (χ2n) is 5.67. The Balaban J connectivity index is 2.39. The molecule has 0 spiro atoms. The first kappa shape index (κ1) is 19.4. The number of sulfonamides is 1. The summed E-state index contributed by atoms with van der Waals surface area (Å²) in [7, 11) is -2.77. The maximum absolute atomic E-state index is 13.4. The van der Waals surface area contributed by atoms with Crippen LogP contribution >= 0.6 is 0 Å². The minimum atomic E-state index is -5.07. The van der Waals surface area contributed by atoms with Crippen LogP contribution in [0.5, 0.6) is 0 Å². The van der Waals surface area contributed by atoms with Gasteiger partial charge in [0.2, 0.25) is 10.0 Å². The van der Waals surface area contributed by atoms with Crippen LogP contribution in [0.4, 0.5) is 13.2 Å². The Morgan fingerprint density at radius 1 is 1.20 bits per heavy atom. The lowest BCUT2D eigenvalue weighted by Gasteiger charge is -2.31. The third-order valence-electron chi connectivity index (χ3n) is 3.95. The molecule has 1 atom stereocenters. The van der Waals surface area contributed by atoms with Crippen LogP contribution in [0.25, 0.3) is 0 Å². The Hall–Kier alpha value is -1.91. The second kappa shape index (κ2) is 6.43. The highest BCUT2D eigenvalue weighted by Crippen LogP contribution is 2.38. The number of hydrogen-bond donors (Lipinski definition) is 2. The van der Waals surface area contributed by atoms with Gasteiger partial charge < -0.3 is 5.11 Å². The lowest BCUT2D eigenvalue weighted by atomic mass is 9.93. The molecule has 0 saturated carbocycles. The average Bonchev–Trinajstić information content (AvgIpc) is 2.78. The first-order chi connectivity index (χ1) is 11.4. The maximum Gasteiger partial charge on any atom is 0.422 e. The van der Waals surface area contributed by atoms with E-state index < -0.39 is 33.9 Å². The van der Waals surface area contributed by atoms with Crippen molar-refractivity contribution < 1.29 is 26.7 Å². The van der Waals surface area contributed by atoms with Crippen molar-refractivity contribution >= 4 is 10.0 Å². The Morgan fingerprint density at radius 2 is 1.76 bits per heavy atom. The molecule has 2 aromatic rings. The molecule has 0 aliphatic heterocycles. The molecule has 1 aromatic carbocycles. The van der Waals surface area contributed by atoms with E-state index in [1.807, 2.05) is 4.72 Å². The number of aliphatic hydroxyl groups is 1. The molecule has 0 fully saturated rings. The van der Waals surface area contributed by atoms with Crippen LogP contribution in [0.2, 0.25) is 0 Å². The van der Waals surface area contributed by atoms with Gasteiger partial charge in [0, 0.05) is 7.05 Å². The number of aromatic nitrogens is 2. The fourth-order valence-corrected chi connectivity index (χ4v) is 3.99. The first-order valence-electron chi connectivity index (χ1n) is 7.24. The fourth-order valence-electron chi connectivity index (χ4n) is 2.49. The molecular formula is C15H18F3N3O3S. The molecule has 2 N–H and O–H groups in total. The van der Waals surface area contributed by atoms with Gasteiger partial charge in [-0.05, 0) is 19.4 Å². The van der Waals surface area contributed by atoms with Gasteiger partial charge in [-0.1, -0.05) is 30.3 Å². The Kier molecular flexibility index (Phi) is 4.99. The Labute approximate surface area is 143 Å². The number of rotatable bonds is 5. The highest BCUT2D eigenvalue weighted by molar-refractivity contribution is 7.89. The van der Waals surface area contributed by atoms with E-state index in [-0.39, 0.29) is 16.3 Å². The number of nitrogens with zero attached hydrogens (tertiary/aromatic N) is 2. The predicted octanol–water partition coefficient (Wildman–Crippen LogP) is 1.77. The third kappa shape index (κ3) is 3.55. The highest BCUT2D eigenvalue weighted by atomic mass is 32.2.